The molecule has 1 fully saturated rings. The molecule has 0 aliphatic carbocycles. The first-order valence-corrected chi connectivity index (χ1v) is 13.4. The number of benzene rings is 2. The summed E-state index contributed by atoms with van der Waals surface area (Å²) in [6, 6.07) is 13.5. The van der Waals surface area contributed by atoms with E-state index in [2.05, 4.69) is 26.1 Å². The van der Waals surface area contributed by atoms with Crippen molar-refractivity contribution in [1.82, 2.24) is 5.48 Å². The van der Waals surface area contributed by atoms with E-state index in [1.54, 1.807) is 0 Å². The molecule has 1 saturated heterocycles. The lowest BCUT2D eigenvalue weighted by Crippen LogP contribution is -2.54. The van der Waals surface area contributed by atoms with Crippen LogP contribution in [-0.2, 0) is 29.6 Å². The third-order valence-corrected chi connectivity index (χ3v) is 8.81. The minimum Gasteiger partial charge on any atom is -0.494 e. The van der Waals surface area contributed by atoms with Crippen LogP contribution in [0.4, 0.5) is 5.69 Å². The summed E-state index contributed by atoms with van der Waals surface area (Å²) in [6.07, 6.45) is 0.642. The lowest BCUT2D eigenvalue weighted by Gasteiger charge is -2.34. The molecule has 1 aliphatic rings. The Hall–Kier alpha value is -2.95. The summed E-state index contributed by atoms with van der Waals surface area (Å²) in [5.41, 5.74) is 3.37. The SMILES string of the molecule is CC(C)(C)c1cccc(NC(=O)CCCOc2ccc(S(=O)(=O)C3(C(=O)NO)CCOCC3)cc2)c1. The summed E-state index contributed by atoms with van der Waals surface area (Å²) in [5.74, 6) is -0.635. The molecule has 3 rings (SSSR count). The zero-order valence-corrected chi connectivity index (χ0v) is 21.7. The third-order valence-electron chi connectivity index (χ3n) is 6.29. The van der Waals surface area contributed by atoms with Crippen molar-refractivity contribution in [3.8, 4) is 5.75 Å². The Bertz CT molecular complexity index is 1170. The highest BCUT2D eigenvalue weighted by atomic mass is 32.2. The Morgan fingerprint density at radius 3 is 2.36 bits per heavy atom. The van der Waals surface area contributed by atoms with E-state index in [0.29, 0.717) is 12.2 Å². The zero-order valence-electron chi connectivity index (χ0n) is 20.9. The van der Waals surface area contributed by atoms with Crippen molar-refractivity contribution in [1.29, 1.82) is 0 Å². The number of ether oxygens (including phenoxy) is 2. The summed E-state index contributed by atoms with van der Waals surface area (Å²) in [5, 5.41) is 12.0. The van der Waals surface area contributed by atoms with Crippen LogP contribution < -0.4 is 15.5 Å². The van der Waals surface area contributed by atoms with Crippen LogP contribution in [0.25, 0.3) is 0 Å². The van der Waals surface area contributed by atoms with Gasteiger partial charge in [0.1, 0.15) is 5.75 Å². The predicted octanol–water partition coefficient (Wildman–Crippen LogP) is 3.61. The fraction of sp³-hybridized carbons (Fsp3) is 0.462. The van der Waals surface area contributed by atoms with E-state index in [9.17, 15) is 18.0 Å². The van der Waals surface area contributed by atoms with Crippen LogP contribution in [-0.4, -0.2) is 50.0 Å². The molecule has 3 N–H and O–H groups in total. The van der Waals surface area contributed by atoms with E-state index < -0.39 is 20.5 Å². The first kappa shape index (κ1) is 27.6. The minimum atomic E-state index is -4.09. The van der Waals surface area contributed by atoms with Crippen LogP contribution in [0.15, 0.2) is 53.4 Å². The molecule has 1 aliphatic heterocycles. The van der Waals surface area contributed by atoms with Gasteiger partial charge >= 0.3 is 0 Å². The quantitative estimate of drug-likeness (QED) is 0.263. The van der Waals surface area contributed by atoms with E-state index in [1.165, 1.54) is 29.7 Å². The van der Waals surface area contributed by atoms with Crippen molar-refractivity contribution >= 4 is 27.3 Å². The van der Waals surface area contributed by atoms with Gasteiger partial charge in [-0.3, -0.25) is 14.8 Å². The monoisotopic (exact) mass is 518 g/mol. The maximum atomic E-state index is 13.3. The van der Waals surface area contributed by atoms with Crippen LogP contribution in [0, 0.1) is 0 Å². The summed E-state index contributed by atoms with van der Waals surface area (Å²) >= 11 is 0. The molecule has 10 heteroatoms. The van der Waals surface area contributed by atoms with Crippen molar-refractivity contribution in [2.75, 3.05) is 25.1 Å². The first-order valence-electron chi connectivity index (χ1n) is 11.9. The van der Waals surface area contributed by atoms with Gasteiger partial charge in [0.2, 0.25) is 5.91 Å². The van der Waals surface area contributed by atoms with Crippen LogP contribution in [0.5, 0.6) is 5.75 Å². The van der Waals surface area contributed by atoms with Crippen LogP contribution >= 0.6 is 0 Å². The van der Waals surface area contributed by atoms with Gasteiger partial charge in [-0.2, -0.15) is 0 Å². The van der Waals surface area contributed by atoms with Gasteiger partial charge in [-0.05, 0) is 66.6 Å². The van der Waals surface area contributed by atoms with Gasteiger partial charge in [0.05, 0.1) is 11.5 Å². The van der Waals surface area contributed by atoms with Crippen molar-refractivity contribution in [3.05, 3.63) is 54.1 Å². The van der Waals surface area contributed by atoms with E-state index in [1.807, 2.05) is 24.3 Å². The summed E-state index contributed by atoms with van der Waals surface area (Å²) in [7, 11) is -4.09. The van der Waals surface area contributed by atoms with Crippen LogP contribution in [0.3, 0.4) is 0 Å². The van der Waals surface area contributed by atoms with Crippen molar-refractivity contribution in [3.63, 3.8) is 0 Å². The summed E-state index contributed by atoms with van der Waals surface area (Å²) < 4.78 is 35.6. The Balaban J connectivity index is 1.54. The maximum absolute atomic E-state index is 13.3. The predicted molar refractivity (Wildman–Crippen MR) is 135 cm³/mol. The van der Waals surface area contributed by atoms with Crippen molar-refractivity contribution in [2.45, 2.75) is 61.5 Å². The van der Waals surface area contributed by atoms with Gasteiger partial charge in [-0.15, -0.1) is 0 Å². The number of carbonyl (C=O) groups excluding carboxylic acids is 2. The molecule has 1 heterocycles. The van der Waals surface area contributed by atoms with E-state index in [-0.39, 0.29) is 55.3 Å². The largest absolute Gasteiger partial charge is 0.494 e. The van der Waals surface area contributed by atoms with E-state index >= 15 is 0 Å². The van der Waals surface area contributed by atoms with Crippen molar-refractivity contribution in [2.24, 2.45) is 0 Å². The minimum absolute atomic E-state index is 0.0138. The third kappa shape index (κ3) is 6.24. The van der Waals surface area contributed by atoms with Gasteiger partial charge in [-0.1, -0.05) is 32.9 Å². The number of sulfone groups is 1. The second-order valence-electron chi connectivity index (χ2n) is 9.85. The molecule has 9 nitrogen and oxygen atoms in total. The second-order valence-corrected chi connectivity index (χ2v) is 12.1. The molecule has 2 amide bonds. The molecule has 2 aromatic carbocycles. The summed E-state index contributed by atoms with van der Waals surface area (Å²) in [6.45, 7) is 6.81. The fourth-order valence-electron chi connectivity index (χ4n) is 4.07. The lowest BCUT2D eigenvalue weighted by atomic mass is 9.87. The molecule has 2 aromatic rings. The molecular weight excluding hydrogens is 484 g/mol. The van der Waals surface area contributed by atoms with Crippen LogP contribution in [0.2, 0.25) is 0 Å². The number of carbonyl (C=O) groups is 2. The average molecular weight is 519 g/mol. The number of rotatable bonds is 9. The van der Waals surface area contributed by atoms with Gasteiger partial charge in [0.25, 0.3) is 5.91 Å². The van der Waals surface area contributed by atoms with Gasteiger partial charge in [-0.25, -0.2) is 13.9 Å². The molecule has 196 valence electrons. The molecule has 0 aromatic heterocycles. The Morgan fingerprint density at radius 1 is 1.08 bits per heavy atom. The molecular formula is C26H34N2O7S. The topological polar surface area (TPSA) is 131 Å². The lowest BCUT2D eigenvalue weighted by molar-refractivity contribution is -0.134. The van der Waals surface area contributed by atoms with E-state index in [4.69, 9.17) is 14.7 Å². The molecule has 36 heavy (non-hydrogen) atoms. The average Bonchev–Trinajstić information content (AvgIpc) is 2.86. The smallest absolute Gasteiger partial charge is 0.265 e. The molecule has 0 atom stereocenters. The molecule has 0 spiro atoms. The number of hydroxylamine groups is 1. The van der Waals surface area contributed by atoms with Gasteiger partial charge < -0.3 is 14.8 Å². The first-order chi connectivity index (χ1) is 17.0. The Kier molecular flexibility index (Phi) is 8.76. The molecule has 0 radical (unpaired) electrons. The number of amides is 2. The Morgan fingerprint density at radius 2 is 1.75 bits per heavy atom. The standard InChI is InChI=1S/C26H34N2O7S/c1-25(2,3)19-6-4-7-20(18-19)27-23(29)8-5-15-35-21-9-11-22(12-10-21)36(32,33)26(24(30)28-31)13-16-34-17-14-26/h4,6-7,9-12,18,31H,5,8,13-17H2,1-3H3,(H,27,29)(H,28,30). The Labute approximate surface area is 212 Å². The second kappa shape index (κ2) is 11.4. The summed E-state index contributed by atoms with van der Waals surface area (Å²) in [4.78, 5) is 24.6. The number of hydrogen-bond donors (Lipinski definition) is 3. The van der Waals surface area contributed by atoms with Crippen molar-refractivity contribution < 1.29 is 32.7 Å². The fourth-order valence-corrected chi connectivity index (χ4v) is 6.01. The van der Waals surface area contributed by atoms with Gasteiger partial charge in [0, 0.05) is 25.3 Å². The highest BCUT2D eigenvalue weighted by molar-refractivity contribution is 7.93. The van der Waals surface area contributed by atoms with Crippen LogP contribution in [0.1, 0.15) is 52.0 Å². The normalized spacial score (nSPS) is 15.7. The van der Waals surface area contributed by atoms with Gasteiger partial charge in [0.15, 0.2) is 14.6 Å². The number of hydrogen-bond acceptors (Lipinski definition) is 7. The molecule has 0 unspecified atom stereocenters. The molecule has 0 bridgehead atoms. The molecule has 0 saturated carbocycles. The highest BCUT2D eigenvalue weighted by Gasteiger charge is 2.52. The number of anilines is 1. The number of nitrogens with one attached hydrogen (secondary N) is 2. The van der Waals surface area contributed by atoms with E-state index in [0.717, 1.165) is 11.3 Å². The maximum Gasteiger partial charge on any atom is 0.265 e. The highest BCUT2D eigenvalue weighted by Crippen LogP contribution is 2.35. The zero-order chi connectivity index (χ0) is 26.4.